The molecule has 2 aromatic heterocycles. The average molecular weight is 598 g/mol. The lowest BCUT2D eigenvalue weighted by molar-refractivity contribution is -0.00824. The lowest BCUT2D eigenvalue weighted by Gasteiger charge is -2.44. The third-order valence-corrected chi connectivity index (χ3v) is 9.35. The van der Waals surface area contributed by atoms with Crippen molar-refractivity contribution in [2.24, 2.45) is 11.8 Å². The number of aliphatic hydroxyl groups is 1. The van der Waals surface area contributed by atoms with E-state index in [4.69, 9.17) is 14.8 Å². The summed E-state index contributed by atoms with van der Waals surface area (Å²) in [5, 5.41) is 9.73. The number of fused-ring (bicyclic) bond motifs is 1. The number of aliphatic hydroxyl groups excluding tert-OH is 1. The Morgan fingerprint density at radius 1 is 0.976 bits per heavy atom. The number of nitrogens with zero attached hydrogens (tertiary/aromatic N) is 3. The van der Waals surface area contributed by atoms with E-state index in [1.165, 1.54) is 89.8 Å². The van der Waals surface area contributed by atoms with Crippen LogP contribution in [-0.2, 0) is 13.6 Å². The van der Waals surface area contributed by atoms with Gasteiger partial charge in [-0.25, -0.2) is 9.55 Å². The van der Waals surface area contributed by atoms with Gasteiger partial charge in [0, 0.05) is 18.6 Å². The standard InChI is InChI=1S/C29H52N5O6P/c1-2-3-4-5-6-7-8-9-10-11-12-13-14-15-16-17-18-39-41(37,38)40-21-24-23(20-35)19-25(24)34-22-31-26-27(34)32-29(30)33-28(26)36/h22-25,35H,2-21H2,1H3,(H,37,38)(H3,30,32,33,36)/t23-,24-,25-/m1/s1. The molecule has 0 aliphatic heterocycles. The Labute approximate surface area is 244 Å². The Hall–Kier alpha value is -1.78. The summed E-state index contributed by atoms with van der Waals surface area (Å²) < 4.78 is 24.7. The van der Waals surface area contributed by atoms with E-state index < -0.39 is 13.4 Å². The largest absolute Gasteiger partial charge is 0.472 e. The van der Waals surface area contributed by atoms with Crippen LogP contribution < -0.4 is 11.3 Å². The molecule has 1 aliphatic carbocycles. The third kappa shape index (κ3) is 11.1. The smallest absolute Gasteiger partial charge is 0.396 e. The molecule has 1 aliphatic rings. The third-order valence-electron chi connectivity index (χ3n) is 8.37. The fraction of sp³-hybridized carbons (Fsp3) is 0.828. The quantitative estimate of drug-likeness (QED) is 0.0853. The Balaban J connectivity index is 1.24. The summed E-state index contributed by atoms with van der Waals surface area (Å²) in [5.41, 5.74) is 5.77. The van der Waals surface area contributed by atoms with Gasteiger partial charge >= 0.3 is 7.82 Å². The molecule has 0 aromatic carbocycles. The average Bonchev–Trinajstić information content (AvgIpc) is 3.33. The number of nitrogen functional groups attached to an aromatic ring is 1. The molecule has 3 rings (SSSR count). The molecule has 1 fully saturated rings. The predicted molar refractivity (Wildman–Crippen MR) is 162 cm³/mol. The summed E-state index contributed by atoms with van der Waals surface area (Å²) in [6.45, 7) is 2.28. The predicted octanol–water partition coefficient (Wildman–Crippen LogP) is 6.27. The molecule has 41 heavy (non-hydrogen) atoms. The van der Waals surface area contributed by atoms with Crippen LogP contribution in [0.15, 0.2) is 11.1 Å². The van der Waals surface area contributed by atoms with Crippen LogP contribution in [0.4, 0.5) is 5.95 Å². The number of phosphoric ester groups is 1. The number of H-pyrrole nitrogens is 1. The van der Waals surface area contributed by atoms with Gasteiger partial charge < -0.3 is 20.3 Å². The number of hydrogen-bond donors (Lipinski definition) is 4. The first-order chi connectivity index (χ1) is 19.9. The first-order valence-corrected chi connectivity index (χ1v) is 17.3. The molecule has 0 saturated heterocycles. The van der Waals surface area contributed by atoms with Gasteiger partial charge in [-0.2, -0.15) is 4.98 Å². The highest BCUT2D eigenvalue weighted by atomic mass is 31.2. The second kappa shape index (κ2) is 18.0. The van der Waals surface area contributed by atoms with Gasteiger partial charge in [-0.15, -0.1) is 0 Å². The maximum atomic E-state index is 12.5. The number of aromatic nitrogens is 4. The molecule has 234 valence electrons. The summed E-state index contributed by atoms with van der Waals surface area (Å²) in [6.07, 6.45) is 22.3. The van der Waals surface area contributed by atoms with Gasteiger partial charge in [0.25, 0.3) is 5.56 Å². The van der Waals surface area contributed by atoms with Gasteiger partial charge in [0.05, 0.1) is 19.5 Å². The molecule has 2 heterocycles. The number of aromatic amines is 1. The Morgan fingerprint density at radius 2 is 1.54 bits per heavy atom. The maximum absolute atomic E-state index is 12.5. The lowest BCUT2D eigenvalue weighted by atomic mass is 9.70. The number of hydrogen-bond acceptors (Lipinski definition) is 8. The molecular formula is C29H52N5O6P. The minimum absolute atomic E-state index is 0.0163. The zero-order valence-corrected chi connectivity index (χ0v) is 25.7. The van der Waals surface area contributed by atoms with E-state index >= 15 is 0 Å². The zero-order chi connectivity index (χ0) is 29.5. The Kier molecular flexibility index (Phi) is 14.8. The van der Waals surface area contributed by atoms with Crippen molar-refractivity contribution in [2.45, 2.75) is 122 Å². The topological polar surface area (TPSA) is 166 Å². The molecule has 5 N–H and O–H groups in total. The van der Waals surface area contributed by atoms with Crippen LogP contribution in [0.2, 0.25) is 0 Å². The zero-order valence-electron chi connectivity index (χ0n) is 24.8. The molecule has 12 heteroatoms. The summed E-state index contributed by atoms with van der Waals surface area (Å²) in [5.74, 6) is -0.395. The minimum atomic E-state index is -4.22. The Morgan fingerprint density at radius 3 is 2.10 bits per heavy atom. The molecule has 1 saturated carbocycles. The van der Waals surface area contributed by atoms with Crippen LogP contribution in [0.1, 0.15) is 122 Å². The fourth-order valence-electron chi connectivity index (χ4n) is 5.79. The second-order valence-corrected chi connectivity index (χ2v) is 13.0. The fourth-order valence-corrected chi connectivity index (χ4v) is 6.58. The van der Waals surface area contributed by atoms with Crippen LogP contribution in [0, 0.1) is 11.8 Å². The van der Waals surface area contributed by atoms with Crippen molar-refractivity contribution in [3.8, 4) is 0 Å². The van der Waals surface area contributed by atoms with E-state index in [0.29, 0.717) is 18.5 Å². The van der Waals surface area contributed by atoms with Crippen molar-refractivity contribution in [3.63, 3.8) is 0 Å². The maximum Gasteiger partial charge on any atom is 0.472 e. The second-order valence-electron chi connectivity index (χ2n) is 11.6. The molecule has 2 aromatic rings. The summed E-state index contributed by atoms with van der Waals surface area (Å²) in [6, 6.07) is -0.203. The number of rotatable bonds is 23. The van der Waals surface area contributed by atoms with Crippen LogP contribution in [0.3, 0.4) is 0 Å². The number of nitrogens with one attached hydrogen (secondary N) is 1. The van der Waals surface area contributed by atoms with Crippen LogP contribution in [0.5, 0.6) is 0 Å². The highest BCUT2D eigenvalue weighted by molar-refractivity contribution is 7.47. The van der Waals surface area contributed by atoms with Crippen LogP contribution >= 0.6 is 7.82 Å². The molecule has 0 bridgehead atoms. The lowest BCUT2D eigenvalue weighted by Crippen LogP contribution is -2.43. The minimum Gasteiger partial charge on any atom is -0.396 e. The van der Waals surface area contributed by atoms with E-state index in [1.807, 2.05) is 0 Å². The molecule has 11 nitrogen and oxygen atoms in total. The molecule has 0 radical (unpaired) electrons. The molecule has 0 amide bonds. The monoisotopic (exact) mass is 597 g/mol. The molecule has 4 atom stereocenters. The van der Waals surface area contributed by atoms with E-state index in [1.54, 1.807) is 4.57 Å². The van der Waals surface area contributed by atoms with Gasteiger partial charge in [0.2, 0.25) is 5.95 Å². The van der Waals surface area contributed by atoms with E-state index in [2.05, 4.69) is 21.9 Å². The van der Waals surface area contributed by atoms with Gasteiger partial charge in [0.1, 0.15) is 0 Å². The van der Waals surface area contributed by atoms with E-state index in [-0.39, 0.29) is 49.2 Å². The first kappa shape index (κ1) is 33.7. The summed E-state index contributed by atoms with van der Waals surface area (Å²) in [7, 11) is -4.22. The van der Waals surface area contributed by atoms with E-state index in [0.717, 1.165) is 12.8 Å². The van der Waals surface area contributed by atoms with E-state index in [9.17, 15) is 19.4 Å². The van der Waals surface area contributed by atoms with Crippen molar-refractivity contribution in [2.75, 3.05) is 25.6 Å². The van der Waals surface area contributed by atoms with Crippen molar-refractivity contribution >= 4 is 24.9 Å². The van der Waals surface area contributed by atoms with Crippen LogP contribution in [0.25, 0.3) is 11.2 Å². The van der Waals surface area contributed by atoms with Crippen LogP contribution in [-0.4, -0.2) is 49.3 Å². The first-order valence-electron chi connectivity index (χ1n) is 15.8. The summed E-state index contributed by atoms with van der Waals surface area (Å²) in [4.78, 5) is 33.0. The van der Waals surface area contributed by atoms with Crippen molar-refractivity contribution in [1.29, 1.82) is 0 Å². The Bertz CT molecular complexity index is 1120. The van der Waals surface area contributed by atoms with Gasteiger partial charge in [-0.3, -0.25) is 18.8 Å². The number of phosphoric acid groups is 1. The number of anilines is 1. The highest BCUT2D eigenvalue weighted by Gasteiger charge is 2.44. The molecular weight excluding hydrogens is 545 g/mol. The van der Waals surface area contributed by atoms with Crippen molar-refractivity contribution in [1.82, 2.24) is 19.5 Å². The number of unbranched alkanes of at least 4 members (excludes halogenated alkanes) is 15. The number of imidazole rings is 1. The summed E-state index contributed by atoms with van der Waals surface area (Å²) >= 11 is 0. The van der Waals surface area contributed by atoms with Gasteiger partial charge in [0.15, 0.2) is 11.2 Å². The number of nitrogens with two attached hydrogens (primary N) is 1. The van der Waals surface area contributed by atoms with Gasteiger partial charge in [-0.1, -0.05) is 103 Å². The SMILES string of the molecule is CCCCCCCCCCCCCCCCCCOP(=O)(O)OC[C@@H]1[C@@H](CO)C[C@H]1n1cnc2c(=O)[nH]c(N)nc21. The van der Waals surface area contributed by atoms with Crippen molar-refractivity contribution < 1.29 is 23.6 Å². The van der Waals surface area contributed by atoms with Crippen molar-refractivity contribution in [3.05, 3.63) is 16.7 Å². The molecule has 0 spiro atoms. The highest BCUT2D eigenvalue weighted by Crippen LogP contribution is 2.50. The van der Waals surface area contributed by atoms with Gasteiger partial charge in [-0.05, 0) is 18.8 Å². The normalized spacial score (nSPS) is 20.3. The molecule has 1 unspecified atom stereocenters.